The molecule has 0 saturated carbocycles. The quantitative estimate of drug-likeness (QED) is 0.598. The summed E-state index contributed by atoms with van der Waals surface area (Å²) in [5.41, 5.74) is 1.53. The number of hydrogen-bond donors (Lipinski definition) is 0. The predicted molar refractivity (Wildman–Crippen MR) is 93.7 cm³/mol. The Morgan fingerprint density at radius 2 is 1.92 bits per heavy atom. The highest BCUT2D eigenvalue weighted by atomic mass is 16.5. The van der Waals surface area contributed by atoms with Crippen molar-refractivity contribution < 1.29 is 23.5 Å². The van der Waals surface area contributed by atoms with Crippen LogP contribution in [-0.4, -0.2) is 43.1 Å². The van der Waals surface area contributed by atoms with Crippen LogP contribution in [0.2, 0.25) is 0 Å². The zero-order chi connectivity index (χ0) is 18.5. The van der Waals surface area contributed by atoms with Gasteiger partial charge in [-0.15, -0.1) is 0 Å². The molecule has 3 rings (SSSR count). The third-order valence-electron chi connectivity index (χ3n) is 4.28. The Balaban J connectivity index is 1.57. The van der Waals surface area contributed by atoms with E-state index in [1.54, 1.807) is 11.0 Å². The molecule has 0 atom stereocenters. The van der Waals surface area contributed by atoms with Crippen molar-refractivity contribution in [2.45, 2.75) is 26.4 Å². The van der Waals surface area contributed by atoms with Crippen molar-refractivity contribution in [1.82, 2.24) is 4.90 Å². The molecule has 0 radical (unpaired) electrons. The van der Waals surface area contributed by atoms with Gasteiger partial charge in [-0.05, 0) is 18.6 Å². The first-order valence-electron chi connectivity index (χ1n) is 8.57. The Hall–Kier alpha value is -2.67. The second-order valence-corrected chi connectivity index (χ2v) is 6.24. The third kappa shape index (κ3) is 4.49. The molecule has 0 N–H and O–H groups in total. The van der Waals surface area contributed by atoms with Crippen LogP contribution in [0.25, 0.3) is 11.0 Å². The van der Waals surface area contributed by atoms with Gasteiger partial charge in [0.15, 0.2) is 0 Å². The molecule has 1 aromatic carbocycles. The normalized spacial score (nSPS) is 14.4. The molecular formula is C19H21NO6. The topological polar surface area (TPSA) is 86.0 Å². The number of morpholine rings is 1. The second-order valence-electron chi connectivity index (χ2n) is 6.24. The van der Waals surface area contributed by atoms with Crippen LogP contribution < -0.4 is 5.63 Å². The fourth-order valence-corrected chi connectivity index (χ4v) is 2.87. The molecule has 2 aromatic rings. The summed E-state index contributed by atoms with van der Waals surface area (Å²) < 4.78 is 15.6. The first kappa shape index (κ1) is 18.1. The van der Waals surface area contributed by atoms with Gasteiger partial charge in [-0.1, -0.05) is 12.1 Å². The number of fused-ring (bicyclic) bond motifs is 1. The molecule has 1 saturated heterocycles. The highest BCUT2D eigenvalue weighted by molar-refractivity contribution is 5.82. The Labute approximate surface area is 150 Å². The van der Waals surface area contributed by atoms with E-state index in [0.717, 1.165) is 10.9 Å². The van der Waals surface area contributed by atoms with Gasteiger partial charge in [-0.3, -0.25) is 9.59 Å². The van der Waals surface area contributed by atoms with Crippen molar-refractivity contribution >= 4 is 22.8 Å². The smallest absolute Gasteiger partial charge is 0.336 e. The summed E-state index contributed by atoms with van der Waals surface area (Å²) in [6.45, 7) is 4.03. The van der Waals surface area contributed by atoms with Crippen molar-refractivity contribution in [3.05, 3.63) is 45.8 Å². The summed E-state index contributed by atoms with van der Waals surface area (Å²) in [4.78, 5) is 37.4. The Kier molecular flexibility index (Phi) is 5.68. The zero-order valence-corrected chi connectivity index (χ0v) is 14.7. The van der Waals surface area contributed by atoms with Gasteiger partial charge in [0.05, 0.1) is 19.6 Å². The minimum Gasteiger partial charge on any atom is -0.461 e. The average Bonchev–Trinajstić information content (AvgIpc) is 2.64. The molecule has 1 aromatic heterocycles. The van der Waals surface area contributed by atoms with Gasteiger partial charge in [0, 0.05) is 36.5 Å². The van der Waals surface area contributed by atoms with Gasteiger partial charge in [-0.2, -0.15) is 0 Å². The molecule has 7 heteroatoms. The van der Waals surface area contributed by atoms with Crippen molar-refractivity contribution in [2.24, 2.45) is 0 Å². The molecular weight excluding hydrogens is 338 g/mol. The number of nitrogens with zero attached hydrogens (tertiary/aromatic N) is 1. The Morgan fingerprint density at radius 1 is 1.15 bits per heavy atom. The number of hydrogen-bond acceptors (Lipinski definition) is 6. The van der Waals surface area contributed by atoms with E-state index in [9.17, 15) is 14.4 Å². The summed E-state index contributed by atoms with van der Waals surface area (Å²) in [6.07, 6.45) is 0.115. The van der Waals surface area contributed by atoms with Gasteiger partial charge in [0.2, 0.25) is 5.91 Å². The molecule has 0 aliphatic carbocycles. The number of aryl methyl sites for hydroxylation is 1. The monoisotopic (exact) mass is 359 g/mol. The SMILES string of the molecule is Cc1ccc2c(COC(=O)CCC(=O)N3CCOCC3)cc(=O)oc2c1. The molecule has 0 unspecified atom stereocenters. The van der Waals surface area contributed by atoms with E-state index in [4.69, 9.17) is 13.9 Å². The molecule has 2 heterocycles. The summed E-state index contributed by atoms with van der Waals surface area (Å²) in [7, 11) is 0. The largest absolute Gasteiger partial charge is 0.461 e. The van der Waals surface area contributed by atoms with Crippen molar-refractivity contribution in [1.29, 1.82) is 0 Å². The van der Waals surface area contributed by atoms with Crippen LogP contribution >= 0.6 is 0 Å². The lowest BCUT2D eigenvalue weighted by Crippen LogP contribution is -2.40. The minimum atomic E-state index is -0.489. The molecule has 138 valence electrons. The van der Waals surface area contributed by atoms with Gasteiger partial charge >= 0.3 is 11.6 Å². The first-order chi connectivity index (χ1) is 12.5. The lowest BCUT2D eigenvalue weighted by molar-refractivity contribution is -0.148. The van der Waals surface area contributed by atoms with Crippen LogP contribution in [0.4, 0.5) is 0 Å². The van der Waals surface area contributed by atoms with Crippen molar-refractivity contribution in [3.8, 4) is 0 Å². The standard InChI is InChI=1S/C19H21NO6/c1-13-2-3-15-14(11-19(23)26-16(15)10-13)12-25-18(22)5-4-17(21)20-6-8-24-9-7-20/h2-3,10-11H,4-9,12H2,1H3. The summed E-state index contributed by atoms with van der Waals surface area (Å²) >= 11 is 0. The molecule has 0 spiro atoms. The zero-order valence-electron chi connectivity index (χ0n) is 14.7. The van der Waals surface area contributed by atoms with E-state index in [-0.39, 0.29) is 25.4 Å². The van der Waals surface area contributed by atoms with Crippen molar-refractivity contribution in [3.63, 3.8) is 0 Å². The number of ether oxygens (including phenoxy) is 2. The molecule has 1 amide bonds. The molecule has 1 aliphatic heterocycles. The lowest BCUT2D eigenvalue weighted by Gasteiger charge is -2.26. The Bertz CT molecular complexity index is 866. The number of rotatable bonds is 5. The fourth-order valence-electron chi connectivity index (χ4n) is 2.87. The van der Waals surface area contributed by atoms with Crippen LogP contribution in [0.5, 0.6) is 0 Å². The Morgan fingerprint density at radius 3 is 2.69 bits per heavy atom. The predicted octanol–water partition coefficient (Wildman–Crippen LogP) is 1.78. The fraction of sp³-hybridized carbons (Fsp3) is 0.421. The van der Waals surface area contributed by atoms with Gasteiger partial charge in [0.25, 0.3) is 0 Å². The van der Waals surface area contributed by atoms with Gasteiger partial charge < -0.3 is 18.8 Å². The number of amides is 1. The van der Waals surface area contributed by atoms with E-state index in [0.29, 0.717) is 37.4 Å². The minimum absolute atomic E-state index is 0.00860. The summed E-state index contributed by atoms with van der Waals surface area (Å²) in [5, 5.41) is 0.729. The van der Waals surface area contributed by atoms with Crippen LogP contribution in [-0.2, 0) is 25.7 Å². The first-order valence-corrected chi connectivity index (χ1v) is 8.57. The maximum Gasteiger partial charge on any atom is 0.336 e. The number of carbonyl (C=O) groups excluding carboxylic acids is 2. The van der Waals surface area contributed by atoms with E-state index >= 15 is 0 Å². The maximum absolute atomic E-state index is 12.0. The molecule has 7 nitrogen and oxygen atoms in total. The second kappa shape index (κ2) is 8.14. The van der Waals surface area contributed by atoms with Crippen LogP contribution in [0, 0.1) is 6.92 Å². The van der Waals surface area contributed by atoms with Crippen LogP contribution in [0.1, 0.15) is 24.0 Å². The van der Waals surface area contributed by atoms with Gasteiger partial charge in [-0.25, -0.2) is 4.79 Å². The number of carbonyl (C=O) groups is 2. The highest BCUT2D eigenvalue weighted by Gasteiger charge is 2.18. The van der Waals surface area contributed by atoms with Crippen molar-refractivity contribution in [2.75, 3.05) is 26.3 Å². The van der Waals surface area contributed by atoms with E-state index in [1.165, 1.54) is 6.07 Å². The molecule has 1 fully saturated rings. The van der Waals surface area contributed by atoms with E-state index in [1.807, 2.05) is 19.1 Å². The molecule has 1 aliphatic rings. The average molecular weight is 359 g/mol. The summed E-state index contributed by atoms with van der Waals surface area (Å²) in [5.74, 6) is -0.549. The van der Waals surface area contributed by atoms with E-state index < -0.39 is 11.6 Å². The summed E-state index contributed by atoms with van der Waals surface area (Å²) in [6, 6.07) is 6.82. The molecule has 26 heavy (non-hydrogen) atoms. The number of esters is 1. The highest BCUT2D eigenvalue weighted by Crippen LogP contribution is 2.19. The van der Waals surface area contributed by atoms with Gasteiger partial charge in [0.1, 0.15) is 12.2 Å². The third-order valence-corrected chi connectivity index (χ3v) is 4.28. The lowest BCUT2D eigenvalue weighted by atomic mass is 10.1. The van der Waals surface area contributed by atoms with Crippen LogP contribution in [0.15, 0.2) is 33.5 Å². The maximum atomic E-state index is 12.0. The number of benzene rings is 1. The van der Waals surface area contributed by atoms with Crippen LogP contribution in [0.3, 0.4) is 0 Å². The molecule has 0 bridgehead atoms. The van der Waals surface area contributed by atoms with E-state index in [2.05, 4.69) is 0 Å².